The van der Waals surface area contributed by atoms with Gasteiger partial charge >= 0.3 is 7.12 Å². The lowest BCUT2D eigenvalue weighted by Crippen LogP contribution is -2.41. The Kier molecular flexibility index (Phi) is 7.44. The Morgan fingerprint density at radius 3 is 1.49 bits per heavy atom. The van der Waals surface area contributed by atoms with E-state index in [1.807, 2.05) is 36.4 Å². The molecule has 1 aliphatic rings. The second-order valence-electron chi connectivity index (χ2n) is 12.5. The van der Waals surface area contributed by atoms with Gasteiger partial charge in [-0.15, -0.1) is 0 Å². The number of hydrogen-bond donors (Lipinski definition) is 0. The van der Waals surface area contributed by atoms with Crippen LogP contribution in [-0.2, 0) is 9.31 Å². The van der Waals surface area contributed by atoms with Gasteiger partial charge in [0.05, 0.1) is 22.6 Å². The van der Waals surface area contributed by atoms with Crippen molar-refractivity contribution < 1.29 is 9.31 Å². The number of nitrogens with zero attached hydrogens (tertiary/aromatic N) is 2. The first kappa shape index (κ1) is 28.9. The Morgan fingerprint density at radius 2 is 0.889 bits per heavy atom. The van der Waals surface area contributed by atoms with Crippen molar-refractivity contribution in [3.63, 3.8) is 0 Å². The van der Waals surface area contributed by atoms with Gasteiger partial charge in [-0.2, -0.15) is 0 Å². The zero-order valence-electron chi connectivity index (χ0n) is 26.1. The van der Waals surface area contributed by atoms with E-state index in [9.17, 15) is 0 Å². The average molecular weight is 587 g/mol. The Hall–Kier alpha value is -4.84. The summed E-state index contributed by atoms with van der Waals surface area (Å²) in [6.45, 7) is 8.37. The molecular formula is C40H35BN2O2. The molecule has 0 radical (unpaired) electrons. The van der Waals surface area contributed by atoms with Crippen molar-refractivity contribution in [2.45, 2.75) is 38.9 Å². The van der Waals surface area contributed by atoms with E-state index in [0.29, 0.717) is 5.82 Å². The van der Waals surface area contributed by atoms with Crippen LogP contribution in [0.5, 0.6) is 0 Å². The molecule has 2 heterocycles. The van der Waals surface area contributed by atoms with Crippen LogP contribution in [0.2, 0.25) is 0 Å². The summed E-state index contributed by atoms with van der Waals surface area (Å²) in [7, 11) is -0.447. The Labute approximate surface area is 265 Å². The minimum Gasteiger partial charge on any atom is -0.399 e. The fourth-order valence-corrected chi connectivity index (χ4v) is 5.78. The molecule has 0 saturated carbocycles. The van der Waals surface area contributed by atoms with E-state index in [0.717, 1.165) is 55.8 Å². The molecule has 220 valence electrons. The van der Waals surface area contributed by atoms with Crippen molar-refractivity contribution in [3.05, 3.63) is 140 Å². The van der Waals surface area contributed by atoms with Crippen LogP contribution < -0.4 is 5.46 Å². The number of hydrogen-bond acceptors (Lipinski definition) is 4. The Balaban J connectivity index is 1.27. The molecule has 0 unspecified atom stereocenters. The third-order valence-corrected chi connectivity index (χ3v) is 9.00. The molecule has 0 spiro atoms. The highest BCUT2D eigenvalue weighted by Gasteiger charge is 2.52. The summed E-state index contributed by atoms with van der Waals surface area (Å²) in [6, 6.07) is 48.1. The maximum Gasteiger partial charge on any atom is 0.495 e. The standard InChI is InChI=1S/C40H35BN2O2/c1-39(2)40(3,4)45-41(44-39)35-22-14-13-21-34(35)33-20-12-11-19-32(33)28-23-25-30(26-24-28)37-27-36(29-15-7-5-8-16-29)42-38(43-37)31-17-9-6-10-18-31/h5-27H,1-4H3. The van der Waals surface area contributed by atoms with Gasteiger partial charge in [-0.1, -0.05) is 133 Å². The van der Waals surface area contributed by atoms with Gasteiger partial charge in [-0.3, -0.25) is 0 Å². The van der Waals surface area contributed by atoms with Crippen molar-refractivity contribution >= 4 is 12.6 Å². The summed E-state index contributed by atoms with van der Waals surface area (Å²) in [4.78, 5) is 9.94. The predicted molar refractivity (Wildman–Crippen MR) is 185 cm³/mol. The molecule has 0 N–H and O–H groups in total. The van der Waals surface area contributed by atoms with Crippen LogP contribution in [0.3, 0.4) is 0 Å². The lowest BCUT2D eigenvalue weighted by molar-refractivity contribution is 0.00578. The van der Waals surface area contributed by atoms with Crippen LogP contribution in [0.25, 0.3) is 56.2 Å². The number of aromatic nitrogens is 2. The fraction of sp³-hybridized carbons (Fsp3) is 0.150. The van der Waals surface area contributed by atoms with E-state index < -0.39 is 18.3 Å². The molecule has 4 nitrogen and oxygen atoms in total. The maximum absolute atomic E-state index is 6.47. The van der Waals surface area contributed by atoms with Crippen LogP contribution in [0, 0.1) is 0 Å². The molecule has 5 heteroatoms. The third kappa shape index (κ3) is 5.61. The largest absolute Gasteiger partial charge is 0.495 e. The van der Waals surface area contributed by atoms with Crippen molar-refractivity contribution in [2.24, 2.45) is 0 Å². The summed E-state index contributed by atoms with van der Waals surface area (Å²) in [6.07, 6.45) is 0. The molecule has 45 heavy (non-hydrogen) atoms. The summed E-state index contributed by atoms with van der Waals surface area (Å²) in [5.74, 6) is 0.709. The maximum atomic E-state index is 6.47. The van der Waals surface area contributed by atoms with Gasteiger partial charge in [0.15, 0.2) is 5.82 Å². The minimum atomic E-state index is -0.447. The first-order chi connectivity index (χ1) is 21.8. The van der Waals surface area contributed by atoms with Crippen molar-refractivity contribution in [3.8, 4) is 56.2 Å². The SMILES string of the molecule is CC1(C)OB(c2ccccc2-c2ccccc2-c2ccc(-c3cc(-c4ccccc4)nc(-c4ccccc4)n3)cc2)OC1(C)C. The molecule has 1 saturated heterocycles. The summed E-state index contributed by atoms with van der Waals surface area (Å²) in [5, 5.41) is 0. The molecular weight excluding hydrogens is 551 g/mol. The molecule has 1 fully saturated rings. The second-order valence-corrected chi connectivity index (χ2v) is 12.5. The van der Waals surface area contributed by atoms with Gasteiger partial charge in [0.1, 0.15) is 0 Å². The zero-order chi connectivity index (χ0) is 31.0. The average Bonchev–Trinajstić information content (AvgIpc) is 3.31. The van der Waals surface area contributed by atoms with E-state index in [4.69, 9.17) is 19.3 Å². The molecule has 0 amide bonds. The van der Waals surface area contributed by atoms with Gasteiger partial charge < -0.3 is 9.31 Å². The smallest absolute Gasteiger partial charge is 0.399 e. The molecule has 1 aromatic heterocycles. The Morgan fingerprint density at radius 1 is 0.444 bits per heavy atom. The quantitative estimate of drug-likeness (QED) is 0.183. The molecule has 5 aromatic carbocycles. The summed E-state index contributed by atoms with van der Waals surface area (Å²) < 4.78 is 12.9. The van der Waals surface area contributed by atoms with Gasteiger partial charge in [-0.25, -0.2) is 9.97 Å². The normalized spacial score (nSPS) is 15.2. The van der Waals surface area contributed by atoms with Gasteiger partial charge in [0.2, 0.25) is 0 Å². The van der Waals surface area contributed by atoms with Crippen molar-refractivity contribution in [1.82, 2.24) is 9.97 Å². The molecule has 0 atom stereocenters. The zero-order valence-corrected chi connectivity index (χ0v) is 26.1. The predicted octanol–water partition coefficient (Wildman–Crippen LogP) is 9.11. The minimum absolute atomic E-state index is 0.415. The summed E-state index contributed by atoms with van der Waals surface area (Å²) >= 11 is 0. The molecule has 0 bridgehead atoms. The van der Waals surface area contributed by atoms with Crippen LogP contribution in [0.4, 0.5) is 0 Å². The molecule has 0 aliphatic carbocycles. The van der Waals surface area contributed by atoms with E-state index in [1.54, 1.807) is 0 Å². The lowest BCUT2D eigenvalue weighted by Gasteiger charge is -2.32. The highest BCUT2D eigenvalue weighted by molar-refractivity contribution is 6.64. The molecule has 7 rings (SSSR count). The third-order valence-electron chi connectivity index (χ3n) is 9.00. The topological polar surface area (TPSA) is 44.2 Å². The summed E-state index contributed by atoms with van der Waals surface area (Å²) in [5.41, 5.74) is 9.57. The number of benzene rings is 5. The highest BCUT2D eigenvalue weighted by Crippen LogP contribution is 2.39. The van der Waals surface area contributed by atoms with Crippen LogP contribution in [0.1, 0.15) is 27.7 Å². The molecule has 6 aromatic rings. The number of rotatable bonds is 6. The van der Waals surface area contributed by atoms with Gasteiger partial charge in [0, 0.05) is 16.7 Å². The fourth-order valence-electron chi connectivity index (χ4n) is 5.78. The lowest BCUT2D eigenvalue weighted by atomic mass is 9.73. The molecule has 1 aliphatic heterocycles. The van der Waals surface area contributed by atoms with Crippen LogP contribution in [-0.4, -0.2) is 28.3 Å². The van der Waals surface area contributed by atoms with E-state index in [2.05, 4.69) is 131 Å². The highest BCUT2D eigenvalue weighted by atomic mass is 16.7. The van der Waals surface area contributed by atoms with E-state index >= 15 is 0 Å². The Bertz CT molecular complexity index is 1880. The second kappa shape index (κ2) is 11.6. The van der Waals surface area contributed by atoms with Gasteiger partial charge in [0.25, 0.3) is 0 Å². The van der Waals surface area contributed by atoms with Crippen LogP contribution >= 0.6 is 0 Å². The van der Waals surface area contributed by atoms with Crippen LogP contribution in [0.15, 0.2) is 140 Å². The van der Waals surface area contributed by atoms with E-state index in [-0.39, 0.29) is 0 Å². The van der Waals surface area contributed by atoms with Crippen molar-refractivity contribution in [1.29, 1.82) is 0 Å². The van der Waals surface area contributed by atoms with E-state index in [1.165, 1.54) is 0 Å². The van der Waals surface area contributed by atoms with Gasteiger partial charge in [-0.05, 0) is 61.5 Å². The van der Waals surface area contributed by atoms with Crippen molar-refractivity contribution in [2.75, 3.05) is 0 Å². The first-order valence-corrected chi connectivity index (χ1v) is 15.4. The monoisotopic (exact) mass is 586 g/mol. The first-order valence-electron chi connectivity index (χ1n) is 15.4.